The molecule has 1 aromatic rings. The fourth-order valence-corrected chi connectivity index (χ4v) is 3.02. The van der Waals surface area contributed by atoms with Crippen LogP contribution in [-0.2, 0) is 0 Å². The molecule has 1 heterocycles. The van der Waals surface area contributed by atoms with Gasteiger partial charge in [0.15, 0.2) is 11.5 Å². The van der Waals surface area contributed by atoms with Crippen molar-refractivity contribution in [2.75, 3.05) is 12.3 Å². The Bertz CT molecular complexity index is 416. The Morgan fingerprint density at radius 2 is 2.29 bits per heavy atom. The highest BCUT2D eigenvalue weighted by Crippen LogP contribution is 2.28. The minimum atomic E-state index is -0.357. The summed E-state index contributed by atoms with van der Waals surface area (Å²) < 4.78 is 0. The number of para-hydroxylation sites is 1. The molecule has 4 nitrogen and oxygen atoms in total. The van der Waals surface area contributed by atoms with Gasteiger partial charge in [-0.1, -0.05) is 6.07 Å². The van der Waals surface area contributed by atoms with Crippen molar-refractivity contribution in [3.05, 3.63) is 23.8 Å². The number of amides is 1. The second kappa shape index (κ2) is 5.31. The summed E-state index contributed by atoms with van der Waals surface area (Å²) in [6, 6.07) is 4.37. The highest BCUT2D eigenvalue weighted by Gasteiger charge is 2.18. The number of phenols is 2. The lowest BCUT2D eigenvalue weighted by atomic mass is 10.1. The van der Waals surface area contributed by atoms with Crippen molar-refractivity contribution in [1.82, 2.24) is 5.32 Å². The summed E-state index contributed by atoms with van der Waals surface area (Å²) in [4.78, 5) is 11.8. The molecule has 3 N–H and O–H groups in total. The van der Waals surface area contributed by atoms with Gasteiger partial charge in [-0.05, 0) is 30.7 Å². The maximum atomic E-state index is 11.8. The number of carbonyl (C=O) groups excluding carboxylic acids is 1. The SMILES string of the molecule is O=C(NCC1CCCS1)c1cccc(O)c1O. The number of rotatable bonds is 3. The van der Waals surface area contributed by atoms with Crippen LogP contribution >= 0.6 is 11.8 Å². The lowest BCUT2D eigenvalue weighted by Gasteiger charge is -2.11. The van der Waals surface area contributed by atoms with Crippen molar-refractivity contribution in [3.8, 4) is 11.5 Å². The number of benzene rings is 1. The van der Waals surface area contributed by atoms with Gasteiger partial charge in [0, 0.05) is 11.8 Å². The molecule has 1 amide bonds. The molecular weight excluding hydrogens is 238 g/mol. The van der Waals surface area contributed by atoms with Crippen LogP contribution in [0.2, 0.25) is 0 Å². The van der Waals surface area contributed by atoms with Crippen LogP contribution in [0.3, 0.4) is 0 Å². The molecule has 1 unspecified atom stereocenters. The summed E-state index contributed by atoms with van der Waals surface area (Å²) >= 11 is 1.86. The number of phenolic OH excluding ortho intramolecular Hbond substituents is 2. The first-order valence-corrected chi connectivity index (χ1v) is 6.64. The van der Waals surface area contributed by atoms with Gasteiger partial charge in [-0.2, -0.15) is 11.8 Å². The Labute approximate surface area is 104 Å². The number of hydrogen-bond donors (Lipinski definition) is 3. The molecule has 0 aliphatic carbocycles. The summed E-state index contributed by atoms with van der Waals surface area (Å²) in [7, 11) is 0. The molecule has 1 fully saturated rings. The molecule has 1 atom stereocenters. The average Bonchev–Trinajstić information content (AvgIpc) is 2.82. The van der Waals surface area contributed by atoms with Crippen LogP contribution in [0.5, 0.6) is 11.5 Å². The van der Waals surface area contributed by atoms with Crippen molar-refractivity contribution in [2.45, 2.75) is 18.1 Å². The molecule has 2 rings (SSSR count). The minimum absolute atomic E-state index is 0.119. The molecule has 0 spiro atoms. The van der Waals surface area contributed by atoms with Gasteiger partial charge >= 0.3 is 0 Å². The Balaban J connectivity index is 1.97. The molecule has 17 heavy (non-hydrogen) atoms. The Hall–Kier alpha value is -1.36. The van der Waals surface area contributed by atoms with E-state index in [-0.39, 0.29) is 23.0 Å². The zero-order chi connectivity index (χ0) is 12.3. The van der Waals surface area contributed by atoms with E-state index in [0.717, 1.165) is 12.2 Å². The van der Waals surface area contributed by atoms with Crippen molar-refractivity contribution in [2.24, 2.45) is 0 Å². The molecular formula is C12H15NO3S. The fourth-order valence-electron chi connectivity index (χ4n) is 1.82. The van der Waals surface area contributed by atoms with Gasteiger partial charge in [0.2, 0.25) is 0 Å². The van der Waals surface area contributed by atoms with Crippen LogP contribution in [-0.4, -0.2) is 33.7 Å². The third-order valence-corrected chi connectivity index (χ3v) is 4.17. The van der Waals surface area contributed by atoms with Gasteiger partial charge in [-0.3, -0.25) is 4.79 Å². The highest BCUT2D eigenvalue weighted by atomic mass is 32.2. The standard InChI is InChI=1S/C12H15NO3S/c14-10-5-1-4-9(11(10)15)12(16)13-7-8-3-2-6-17-8/h1,4-5,8,14-15H,2-3,6-7H2,(H,13,16). The molecule has 1 aliphatic rings. The second-order valence-corrected chi connectivity index (χ2v) is 5.43. The maximum Gasteiger partial charge on any atom is 0.255 e. The van der Waals surface area contributed by atoms with Crippen LogP contribution in [0.15, 0.2) is 18.2 Å². The van der Waals surface area contributed by atoms with E-state index in [1.165, 1.54) is 24.6 Å². The van der Waals surface area contributed by atoms with E-state index in [9.17, 15) is 15.0 Å². The number of hydrogen-bond acceptors (Lipinski definition) is 4. The van der Waals surface area contributed by atoms with Gasteiger partial charge in [-0.25, -0.2) is 0 Å². The quantitative estimate of drug-likeness (QED) is 0.717. The molecule has 1 saturated heterocycles. The zero-order valence-corrected chi connectivity index (χ0v) is 10.2. The molecule has 0 radical (unpaired) electrons. The van der Waals surface area contributed by atoms with E-state index in [4.69, 9.17) is 0 Å². The topological polar surface area (TPSA) is 69.6 Å². The van der Waals surface area contributed by atoms with E-state index in [2.05, 4.69) is 5.32 Å². The fraction of sp³-hybridized carbons (Fsp3) is 0.417. The molecule has 92 valence electrons. The van der Waals surface area contributed by atoms with Gasteiger partial charge in [-0.15, -0.1) is 0 Å². The van der Waals surface area contributed by atoms with Crippen LogP contribution in [0.1, 0.15) is 23.2 Å². The second-order valence-electron chi connectivity index (χ2n) is 4.02. The Morgan fingerprint density at radius 1 is 1.47 bits per heavy atom. The van der Waals surface area contributed by atoms with Gasteiger partial charge < -0.3 is 15.5 Å². The average molecular weight is 253 g/mol. The third kappa shape index (κ3) is 2.85. The molecule has 0 saturated carbocycles. The number of nitrogens with one attached hydrogen (secondary N) is 1. The van der Waals surface area contributed by atoms with Crippen LogP contribution in [0.25, 0.3) is 0 Å². The van der Waals surface area contributed by atoms with Crippen LogP contribution in [0.4, 0.5) is 0 Å². The van der Waals surface area contributed by atoms with E-state index in [1.807, 2.05) is 11.8 Å². The summed E-state index contributed by atoms with van der Waals surface area (Å²) in [5, 5.41) is 22.1. The van der Waals surface area contributed by atoms with Gasteiger partial charge in [0.25, 0.3) is 5.91 Å². The number of carbonyl (C=O) groups is 1. The maximum absolute atomic E-state index is 11.8. The third-order valence-electron chi connectivity index (χ3n) is 2.77. The summed E-state index contributed by atoms with van der Waals surface area (Å²) in [6.45, 7) is 0.610. The Morgan fingerprint density at radius 3 is 3.00 bits per heavy atom. The van der Waals surface area contributed by atoms with Crippen molar-refractivity contribution in [1.29, 1.82) is 0 Å². The predicted molar refractivity (Wildman–Crippen MR) is 67.6 cm³/mol. The molecule has 1 aliphatic heterocycles. The molecule has 5 heteroatoms. The van der Waals surface area contributed by atoms with E-state index in [0.29, 0.717) is 11.8 Å². The molecule has 1 aromatic carbocycles. The molecule has 0 bridgehead atoms. The van der Waals surface area contributed by atoms with E-state index < -0.39 is 0 Å². The van der Waals surface area contributed by atoms with Crippen molar-refractivity contribution >= 4 is 17.7 Å². The lowest BCUT2D eigenvalue weighted by molar-refractivity contribution is 0.0950. The normalized spacial score (nSPS) is 19.2. The molecule has 0 aromatic heterocycles. The van der Waals surface area contributed by atoms with Crippen LogP contribution in [0, 0.1) is 0 Å². The highest BCUT2D eigenvalue weighted by molar-refractivity contribution is 8.00. The summed E-state index contributed by atoms with van der Waals surface area (Å²) in [5.41, 5.74) is 0.119. The Kier molecular flexibility index (Phi) is 3.78. The number of aromatic hydroxyl groups is 2. The minimum Gasteiger partial charge on any atom is -0.504 e. The first-order valence-electron chi connectivity index (χ1n) is 5.59. The van der Waals surface area contributed by atoms with Gasteiger partial charge in [0.1, 0.15) is 0 Å². The first kappa shape index (κ1) is 12.1. The van der Waals surface area contributed by atoms with E-state index >= 15 is 0 Å². The first-order chi connectivity index (χ1) is 8.18. The predicted octanol–water partition coefficient (Wildman–Crippen LogP) is 1.72. The largest absolute Gasteiger partial charge is 0.504 e. The monoisotopic (exact) mass is 253 g/mol. The van der Waals surface area contributed by atoms with Crippen LogP contribution < -0.4 is 5.32 Å². The van der Waals surface area contributed by atoms with Crippen molar-refractivity contribution < 1.29 is 15.0 Å². The summed E-state index contributed by atoms with van der Waals surface area (Å²) in [6.07, 6.45) is 2.32. The van der Waals surface area contributed by atoms with Crippen molar-refractivity contribution in [3.63, 3.8) is 0 Å². The smallest absolute Gasteiger partial charge is 0.255 e. The lowest BCUT2D eigenvalue weighted by Crippen LogP contribution is -2.29. The van der Waals surface area contributed by atoms with E-state index in [1.54, 1.807) is 0 Å². The number of thioether (sulfide) groups is 1. The zero-order valence-electron chi connectivity index (χ0n) is 9.35. The summed E-state index contributed by atoms with van der Waals surface area (Å²) in [5.74, 6) is 0.181. The van der Waals surface area contributed by atoms with Gasteiger partial charge in [0.05, 0.1) is 5.56 Å².